The van der Waals surface area contributed by atoms with Gasteiger partial charge in [0.2, 0.25) is 0 Å². The molecule has 0 aromatic rings. The van der Waals surface area contributed by atoms with E-state index in [1.165, 1.54) is 57.8 Å². The fourth-order valence-corrected chi connectivity index (χ4v) is 6.48. The number of phosphoric acid groups is 1. The predicted octanol–water partition coefficient (Wildman–Crippen LogP) is 10.7. The number of carbonyl (C=O) groups excluding carboxylic acids is 2. The Balaban J connectivity index is 2.38. The van der Waals surface area contributed by atoms with Gasteiger partial charge in [0, 0.05) is 12.8 Å². The van der Waals surface area contributed by atoms with Crippen molar-refractivity contribution < 1.29 is 52.2 Å². The molecule has 3 unspecified atom stereocenters. The summed E-state index contributed by atoms with van der Waals surface area (Å²) in [5.41, 5.74) is 5.33. The third-order valence-corrected chi connectivity index (χ3v) is 10.3. The number of carboxylic acids is 1. The van der Waals surface area contributed by atoms with E-state index in [0.717, 1.165) is 44.9 Å². The molecule has 0 saturated carbocycles. The van der Waals surface area contributed by atoms with Gasteiger partial charge in [0.1, 0.15) is 12.6 Å². The Morgan fingerprint density at radius 3 is 1.64 bits per heavy atom. The maximum Gasteiger partial charge on any atom is 0.472 e. The van der Waals surface area contributed by atoms with E-state index in [4.69, 9.17) is 29.6 Å². The van der Waals surface area contributed by atoms with Gasteiger partial charge in [-0.1, -0.05) is 132 Å². The minimum atomic E-state index is -4.75. The largest absolute Gasteiger partial charge is 0.480 e. The van der Waals surface area contributed by atoms with Crippen molar-refractivity contribution in [2.24, 2.45) is 5.73 Å². The second-order valence-corrected chi connectivity index (χ2v) is 16.3. The van der Waals surface area contributed by atoms with Crippen molar-refractivity contribution in [3.8, 4) is 0 Å². The molecule has 0 radical (unpaired) electrons. The molecule has 336 valence electrons. The van der Waals surface area contributed by atoms with Crippen LogP contribution in [0.25, 0.3) is 0 Å². The van der Waals surface area contributed by atoms with E-state index >= 15 is 0 Å². The SMILES string of the molecule is CCCCC/C=C\C/C=C\CC1OC1C/C=C\CCCC(=O)O[C@H](COC(=O)CCC/C=C\C/C=C\C/C=C\CCCCCCCC)COP(=O)(O)OC[C@H](N)C(=O)O. The Bertz CT molecular complexity index is 1340. The van der Waals surface area contributed by atoms with Gasteiger partial charge in [-0.2, -0.15) is 0 Å². The monoisotopic (exact) mass is 850 g/mol. The fourth-order valence-electron chi connectivity index (χ4n) is 5.70. The van der Waals surface area contributed by atoms with Gasteiger partial charge in [0.15, 0.2) is 6.10 Å². The Morgan fingerprint density at radius 2 is 1.05 bits per heavy atom. The smallest absolute Gasteiger partial charge is 0.472 e. The van der Waals surface area contributed by atoms with Crippen molar-refractivity contribution in [3.05, 3.63) is 72.9 Å². The summed E-state index contributed by atoms with van der Waals surface area (Å²) in [5, 5.41) is 8.89. The summed E-state index contributed by atoms with van der Waals surface area (Å²) in [6, 6.07) is -1.54. The Kier molecular flexibility index (Phi) is 33.5. The van der Waals surface area contributed by atoms with Crippen molar-refractivity contribution in [2.45, 2.75) is 179 Å². The first-order valence-corrected chi connectivity index (χ1v) is 23.6. The first-order valence-electron chi connectivity index (χ1n) is 22.1. The molecule has 1 fully saturated rings. The van der Waals surface area contributed by atoms with Gasteiger partial charge in [-0.05, 0) is 83.5 Å². The van der Waals surface area contributed by atoms with E-state index in [2.05, 4.69) is 79.1 Å². The summed E-state index contributed by atoms with van der Waals surface area (Å²) >= 11 is 0. The first kappa shape index (κ1) is 53.9. The van der Waals surface area contributed by atoms with Crippen molar-refractivity contribution in [1.29, 1.82) is 0 Å². The van der Waals surface area contributed by atoms with Crippen LogP contribution in [0.3, 0.4) is 0 Å². The number of ether oxygens (including phenoxy) is 3. The number of rotatable bonds is 39. The minimum Gasteiger partial charge on any atom is -0.480 e. The number of allylic oxidation sites excluding steroid dienone is 10. The van der Waals surface area contributed by atoms with Gasteiger partial charge in [-0.15, -0.1) is 0 Å². The summed E-state index contributed by atoms with van der Waals surface area (Å²) in [4.78, 5) is 46.0. The molecule has 0 aromatic carbocycles. The van der Waals surface area contributed by atoms with Gasteiger partial charge in [0.05, 0.1) is 25.4 Å². The number of aliphatic carboxylic acids is 1. The lowest BCUT2D eigenvalue weighted by molar-refractivity contribution is -0.161. The van der Waals surface area contributed by atoms with Gasteiger partial charge in [-0.3, -0.25) is 23.4 Å². The Hall–Kier alpha value is -3.12. The molecule has 0 aliphatic carbocycles. The minimum absolute atomic E-state index is 0.0629. The highest BCUT2D eigenvalue weighted by Gasteiger charge is 2.36. The highest BCUT2D eigenvalue weighted by Crippen LogP contribution is 2.43. The zero-order valence-electron chi connectivity index (χ0n) is 36.0. The molecule has 59 heavy (non-hydrogen) atoms. The normalized spacial score (nSPS) is 17.8. The quantitative estimate of drug-likeness (QED) is 0.0175. The molecule has 0 amide bonds. The van der Waals surface area contributed by atoms with Crippen LogP contribution < -0.4 is 5.73 Å². The highest BCUT2D eigenvalue weighted by molar-refractivity contribution is 7.47. The highest BCUT2D eigenvalue weighted by atomic mass is 31.2. The summed E-state index contributed by atoms with van der Waals surface area (Å²) < 4.78 is 38.4. The average molecular weight is 850 g/mol. The van der Waals surface area contributed by atoms with Crippen molar-refractivity contribution in [3.63, 3.8) is 0 Å². The van der Waals surface area contributed by atoms with Crippen LogP contribution in [-0.2, 0) is 42.2 Å². The van der Waals surface area contributed by atoms with Crippen molar-refractivity contribution >= 4 is 25.7 Å². The fraction of sp³-hybridized carbons (Fsp3) is 0.674. The second kappa shape index (κ2) is 36.7. The molecule has 0 aromatic heterocycles. The third kappa shape index (κ3) is 34.3. The molecule has 1 saturated heterocycles. The molecular weight excluding hydrogens is 773 g/mol. The zero-order chi connectivity index (χ0) is 43.2. The van der Waals surface area contributed by atoms with Crippen LogP contribution >= 0.6 is 7.82 Å². The molecule has 0 bridgehead atoms. The summed E-state index contributed by atoms with van der Waals surface area (Å²) in [7, 11) is -4.75. The van der Waals surface area contributed by atoms with Crippen LogP contribution in [0.15, 0.2) is 72.9 Å². The summed E-state index contributed by atoms with van der Waals surface area (Å²) in [6.07, 6.45) is 45.8. The average Bonchev–Trinajstić information content (AvgIpc) is 3.97. The van der Waals surface area contributed by atoms with E-state index < -0.39 is 57.7 Å². The predicted molar refractivity (Wildman–Crippen MR) is 235 cm³/mol. The van der Waals surface area contributed by atoms with Crippen molar-refractivity contribution in [1.82, 2.24) is 0 Å². The third-order valence-electron chi connectivity index (χ3n) is 9.33. The van der Waals surface area contributed by atoms with Crippen LogP contribution in [0, 0.1) is 0 Å². The summed E-state index contributed by atoms with van der Waals surface area (Å²) in [5.74, 6) is -2.54. The molecular formula is C46H76NO11P. The number of unbranched alkanes of at least 4 members (excludes halogenated alkanes) is 11. The molecule has 1 aliphatic heterocycles. The van der Waals surface area contributed by atoms with E-state index in [9.17, 15) is 23.8 Å². The molecule has 13 heteroatoms. The number of phosphoric ester groups is 1. The molecule has 1 aliphatic rings. The van der Waals surface area contributed by atoms with Crippen LogP contribution in [0.4, 0.5) is 0 Å². The van der Waals surface area contributed by atoms with Crippen LogP contribution in [0.2, 0.25) is 0 Å². The Labute approximate surface area is 355 Å². The molecule has 12 nitrogen and oxygen atoms in total. The standard InChI is InChI=1S/C46H76NO11P/c1-3-5-7-9-11-13-14-15-16-17-18-19-20-22-24-26-31-35-44(48)54-37-40(38-55-59(52,53)56-39-41(47)46(50)51)57-45(49)36-32-28-27-30-34-43-42(58-43)33-29-25-23-21-12-10-8-6-4-2/h12,15-16,18-19,21-22,24-25,27,29-30,40-43H,3-11,13-14,17,20,23,26,28,31-39,47H2,1-2H3,(H,50,51)(H,52,53)/b16-15-,19-18-,21-12-,24-22-,29-25-,30-27-/t40-,41+,42?,43?/m1/s1. The number of esters is 2. The van der Waals surface area contributed by atoms with Crippen LogP contribution in [-0.4, -0.2) is 72.1 Å². The van der Waals surface area contributed by atoms with Gasteiger partial charge < -0.3 is 29.9 Å². The number of epoxide rings is 1. The van der Waals surface area contributed by atoms with Gasteiger partial charge >= 0.3 is 25.7 Å². The van der Waals surface area contributed by atoms with Crippen molar-refractivity contribution in [2.75, 3.05) is 19.8 Å². The lowest BCUT2D eigenvalue weighted by Gasteiger charge is -2.20. The molecule has 1 rings (SSSR count). The van der Waals surface area contributed by atoms with Gasteiger partial charge in [-0.25, -0.2) is 4.57 Å². The molecule has 4 N–H and O–H groups in total. The van der Waals surface area contributed by atoms with E-state index in [1.54, 1.807) is 0 Å². The molecule has 1 heterocycles. The topological polar surface area (TPSA) is 184 Å². The van der Waals surface area contributed by atoms with E-state index in [-0.39, 0.29) is 25.0 Å². The zero-order valence-corrected chi connectivity index (χ0v) is 36.9. The number of carbonyl (C=O) groups is 3. The Morgan fingerprint density at radius 1 is 0.610 bits per heavy atom. The number of hydrogen-bond acceptors (Lipinski definition) is 10. The lowest BCUT2D eigenvalue weighted by atomic mass is 10.1. The number of nitrogens with two attached hydrogens (primary N) is 1. The lowest BCUT2D eigenvalue weighted by Crippen LogP contribution is -2.34. The van der Waals surface area contributed by atoms with Crippen LogP contribution in [0.5, 0.6) is 0 Å². The number of carboxylic acid groups (broad SMARTS) is 1. The van der Waals surface area contributed by atoms with E-state index in [0.29, 0.717) is 25.7 Å². The number of hydrogen-bond donors (Lipinski definition) is 3. The van der Waals surface area contributed by atoms with Gasteiger partial charge in [0.25, 0.3) is 0 Å². The maximum absolute atomic E-state index is 12.6. The molecule has 0 spiro atoms. The summed E-state index contributed by atoms with van der Waals surface area (Å²) in [6.45, 7) is 2.63. The van der Waals surface area contributed by atoms with Crippen LogP contribution in [0.1, 0.15) is 155 Å². The molecule has 5 atom stereocenters. The second-order valence-electron chi connectivity index (χ2n) is 14.9. The van der Waals surface area contributed by atoms with E-state index in [1.807, 2.05) is 12.2 Å². The maximum atomic E-state index is 12.6. The first-order chi connectivity index (χ1) is 28.6.